The molecule has 1 aromatic rings. The molecule has 0 bridgehead atoms. The Hall–Kier alpha value is -2.57. The first-order chi connectivity index (χ1) is 12.8. The van der Waals surface area contributed by atoms with E-state index in [0.29, 0.717) is 4.90 Å². The highest BCUT2D eigenvalue weighted by Crippen LogP contribution is 2.20. The van der Waals surface area contributed by atoms with Crippen molar-refractivity contribution in [2.45, 2.75) is 72.1 Å². The van der Waals surface area contributed by atoms with Gasteiger partial charge in [-0.15, -0.1) is 0 Å². The van der Waals surface area contributed by atoms with E-state index in [9.17, 15) is 14.4 Å². The average molecular weight is 393 g/mol. The van der Waals surface area contributed by atoms with E-state index < -0.39 is 35.4 Å². The largest absolute Gasteiger partial charge is 0.464 e. The number of hydrogen-bond acceptors (Lipinski definition) is 6. The van der Waals surface area contributed by atoms with Crippen LogP contribution in [0.25, 0.3) is 0 Å². The van der Waals surface area contributed by atoms with Gasteiger partial charge in [0, 0.05) is 6.42 Å². The second kappa shape index (κ2) is 9.57. The number of rotatable bonds is 5. The first-order valence-corrected chi connectivity index (χ1v) is 9.30. The molecular weight excluding hydrogens is 362 g/mol. The molecule has 1 rings (SSSR count). The van der Waals surface area contributed by atoms with Gasteiger partial charge >= 0.3 is 18.2 Å². The van der Waals surface area contributed by atoms with Crippen molar-refractivity contribution in [1.29, 1.82) is 0 Å². The predicted molar refractivity (Wildman–Crippen MR) is 105 cm³/mol. The van der Waals surface area contributed by atoms with E-state index in [2.05, 4.69) is 0 Å². The Labute approximate surface area is 166 Å². The average Bonchev–Trinajstić information content (AvgIpc) is 2.52. The third-order valence-electron chi connectivity index (χ3n) is 3.32. The maximum Gasteiger partial charge on any atom is 0.420 e. The van der Waals surface area contributed by atoms with Crippen LogP contribution in [0.15, 0.2) is 30.3 Å². The zero-order chi connectivity index (χ0) is 21.5. The molecule has 2 amide bonds. The molecule has 0 saturated carbocycles. The van der Waals surface area contributed by atoms with Crippen molar-refractivity contribution in [3.05, 3.63) is 35.9 Å². The Bertz CT molecular complexity index is 644. The normalized spacial score (nSPS) is 12.7. The molecule has 1 aromatic carbocycles. The van der Waals surface area contributed by atoms with Gasteiger partial charge < -0.3 is 14.2 Å². The summed E-state index contributed by atoms with van der Waals surface area (Å²) in [6.45, 7) is 11.8. The zero-order valence-electron chi connectivity index (χ0n) is 17.8. The maximum absolute atomic E-state index is 12.8. The lowest BCUT2D eigenvalue weighted by molar-refractivity contribution is -0.149. The van der Waals surface area contributed by atoms with Crippen LogP contribution in [-0.2, 0) is 25.4 Å². The number of imide groups is 1. The van der Waals surface area contributed by atoms with Gasteiger partial charge in [-0.25, -0.2) is 14.4 Å². The molecule has 0 aliphatic rings. The molecule has 0 spiro atoms. The van der Waals surface area contributed by atoms with Crippen LogP contribution in [0.1, 0.15) is 54.0 Å². The zero-order valence-corrected chi connectivity index (χ0v) is 17.8. The number of nitrogens with zero attached hydrogens (tertiary/aromatic N) is 1. The summed E-state index contributed by atoms with van der Waals surface area (Å²) < 4.78 is 15.8. The summed E-state index contributed by atoms with van der Waals surface area (Å²) in [7, 11) is 0. The lowest BCUT2D eigenvalue weighted by Gasteiger charge is -2.32. The van der Waals surface area contributed by atoms with Crippen LogP contribution in [0.4, 0.5) is 9.59 Å². The fourth-order valence-corrected chi connectivity index (χ4v) is 2.31. The number of esters is 1. The van der Waals surface area contributed by atoms with Crippen molar-refractivity contribution in [2.75, 3.05) is 6.61 Å². The van der Waals surface area contributed by atoms with Crippen LogP contribution in [0.3, 0.4) is 0 Å². The lowest BCUT2D eigenvalue weighted by atomic mass is 10.0. The molecule has 0 saturated heterocycles. The van der Waals surface area contributed by atoms with Gasteiger partial charge in [-0.1, -0.05) is 30.3 Å². The molecule has 0 aliphatic heterocycles. The molecule has 156 valence electrons. The van der Waals surface area contributed by atoms with Crippen molar-refractivity contribution in [3.63, 3.8) is 0 Å². The summed E-state index contributed by atoms with van der Waals surface area (Å²) in [6, 6.07) is 7.84. The van der Waals surface area contributed by atoms with E-state index in [1.807, 2.05) is 18.2 Å². The van der Waals surface area contributed by atoms with Crippen molar-refractivity contribution < 1.29 is 28.6 Å². The molecule has 0 unspecified atom stereocenters. The SMILES string of the molecule is CCOC(=O)[C@H](Cc1ccccc1)N(C(=O)OC(C)(C)C)C(=O)OC(C)(C)C. The standard InChI is InChI=1S/C21H31NO6/c1-8-26-17(23)16(14-15-12-10-9-11-13-15)22(18(24)27-20(2,3)4)19(25)28-21(5,6)7/h9-13,16H,8,14H2,1-7H3/t16-/m0/s1. The maximum atomic E-state index is 12.8. The van der Waals surface area contributed by atoms with Gasteiger partial charge in [-0.2, -0.15) is 4.90 Å². The fourth-order valence-electron chi connectivity index (χ4n) is 2.31. The van der Waals surface area contributed by atoms with E-state index in [1.54, 1.807) is 60.6 Å². The van der Waals surface area contributed by atoms with Crippen molar-refractivity contribution >= 4 is 18.2 Å². The second-order valence-corrected chi connectivity index (χ2v) is 8.29. The number of amides is 2. The molecule has 7 heteroatoms. The Balaban J connectivity index is 3.32. The topological polar surface area (TPSA) is 82.1 Å². The van der Waals surface area contributed by atoms with Crippen LogP contribution in [0.5, 0.6) is 0 Å². The van der Waals surface area contributed by atoms with Gasteiger partial charge in [0.15, 0.2) is 0 Å². The molecule has 0 aliphatic carbocycles. The van der Waals surface area contributed by atoms with Gasteiger partial charge in [-0.05, 0) is 54.0 Å². The van der Waals surface area contributed by atoms with Crippen molar-refractivity contribution in [2.24, 2.45) is 0 Å². The van der Waals surface area contributed by atoms with E-state index in [4.69, 9.17) is 14.2 Å². The highest BCUT2D eigenvalue weighted by atomic mass is 16.6. The fraction of sp³-hybridized carbons (Fsp3) is 0.571. The van der Waals surface area contributed by atoms with Gasteiger partial charge in [-0.3, -0.25) is 0 Å². The van der Waals surface area contributed by atoms with Crippen LogP contribution >= 0.6 is 0 Å². The van der Waals surface area contributed by atoms with E-state index in [1.165, 1.54) is 0 Å². The van der Waals surface area contributed by atoms with Crippen LogP contribution in [0.2, 0.25) is 0 Å². The highest BCUT2D eigenvalue weighted by molar-refractivity contribution is 5.94. The minimum atomic E-state index is -1.22. The molecule has 28 heavy (non-hydrogen) atoms. The van der Waals surface area contributed by atoms with Crippen LogP contribution in [-0.4, -0.2) is 46.9 Å². The molecule has 0 fully saturated rings. The smallest absolute Gasteiger partial charge is 0.420 e. The van der Waals surface area contributed by atoms with E-state index in [0.717, 1.165) is 5.56 Å². The third kappa shape index (κ3) is 7.98. The molecule has 7 nitrogen and oxygen atoms in total. The lowest BCUT2D eigenvalue weighted by Crippen LogP contribution is -2.53. The molecule has 0 heterocycles. The summed E-state index contributed by atoms with van der Waals surface area (Å²) in [5.74, 6) is -0.705. The minimum absolute atomic E-state index is 0.0815. The second-order valence-electron chi connectivity index (χ2n) is 8.29. The summed E-state index contributed by atoms with van der Waals surface area (Å²) in [5, 5.41) is 0. The van der Waals surface area contributed by atoms with E-state index >= 15 is 0 Å². The van der Waals surface area contributed by atoms with Crippen LogP contribution in [0, 0.1) is 0 Å². The summed E-state index contributed by atoms with van der Waals surface area (Å²) >= 11 is 0. The molecule has 0 N–H and O–H groups in total. The summed E-state index contributed by atoms with van der Waals surface area (Å²) in [4.78, 5) is 39.0. The number of carbonyl (C=O) groups excluding carboxylic acids is 3. The van der Waals surface area contributed by atoms with Gasteiger partial charge in [0.05, 0.1) is 6.61 Å². The molecule has 1 atom stereocenters. The minimum Gasteiger partial charge on any atom is -0.464 e. The molecule has 0 radical (unpaired) electrons. The molecule has 0 aromatic heterocycles. The van der Waals surface area contributed by atoms with E-state index in [-0.39, 0.29) is 13.0 Å². The number of carbonyl (C=O) groups is 3. The van der Waals surface area contributed by atoms with Gasteiger partial charge in [0.25, 0.3) is 0 Å². The third-order valence-corrected chi connectivity index (χ3v) is 3.32. The van der Waals surface area contributed by atoms with Crippen molar-refractivity contribution in [1.82, 2.24) is 4.90 Å². The summed E-state index contributed by atoms with van der Waals surface area (Å²) in [6.07, 6.45) is -1.84. The van der Waals surface area contributed by atoms with Crippen LogP contribution < -0.4 is 0 Å². The summed E-state index contributed by atoms with van der Waals surface area (Å²) in [5.41, 5.74) is -0.954. The highest BCUT2D eigenvalue weighted by Gasteiger charge is 2.41. The Kier molecular flexibility index (Phi) is 8.02. The first-order valence-electron chi connectivity index (χ1n) is 9.30. The number of benzene rings is 1. The Morgan fingerprint density at radius 2 is 1.36 bits per heavy atom. The van der Waals surface area contributed by atoms with Crippen molar-refractivity contribution in [3.8, 4) is 0 Å². The Morgan fingerprint density at radius 1 is 0.893 bits per heavy atom. The molecular formula is C21H31NO6. The Morgan fingerprint density at radius 3 is 1.75 bits per heavy atom. The van der Waals surface area contributed by atoms with Gasteiger partial charge in [0.2, 0.25) is 0 Å². The number of hydrogen-bond donors (Lipinski definition) is 0. The number of ether oxygens (including phenoxy) is 3. The quantitative estimate of drug-likeness (QED) is 0.547. The first kappa shape index (κ1) is 23.5. The monoisotopic (exact) mass is 393 g/mol. The van der Waals surface area contributed by atoms with Gasteiger partial charge in [0.1, 0.15) is 17.2 Å². The predicted octanol–water partition coefficient (Wildman–Crippen LogP) is 4.33.